The second kappa shape index (κ2) is 11.4. The molecule has 37 heavy (non-hydrogen) atoms. The van der Waals surface area contributed by atoms with Crippen molar-refractivity contribution in [2.75, 3.05) is 16.2 Å². The van der Waals surface area contributed by atoms with Crippen LogP contribution in [-0.2, 0) is 26.0 Å². The van der Waals surface area contributed by atoms with E-state index in [1.54, 1.807) is 24.3 Å². The summed E-state index contributed by atoms with van der Waals surface area (Å²) in [7, 11) is -3.94. The number of halogens is 2. The molecule has 1 aliphatic rings. The van der Waals surface area contributed by atoms with E-state index in [4.69, 9.17) is 0 Å². The molecule has 0 saturated carbocycles. The standard InChI is InChI=1S/C27H27Br2N3O4S/c1-17-13-18(2)15-22(14-17)32(37(35,36)23-7-4-20(28)5-8-23)12-11-26(33)30-25-9-3-19-16-21(29)6-10-24(19)31-27(25)34/h4-8,10,13-16,25H,3,9,11-12H2,1-2H3,(H,30,33)(H,31,34). The molecule has 0 aliphatic carbocycles. The lowest BCUT2D eigenvalue weighted by Gasteiger charge is -2.25. The lowest BCUT2D eigenvalue weighted by Crippen LogP contribution is -2.44. The molecule has 1 atom stereocenters. The van der Waals surface area contributed by atoms with Crippen LogP contribution in [0.1, 0.15) is 29.5 Å². The van der Waals surface area contributed by atoms with Gasteiger partial charge in [-0.05, 0) is 98.0 Å². The molecule has 10 heteroatoms. The zero-order chi connectivity index (χ0) is 26.7. The predicted octanol–water partition coefficient (Wildman–Crippen LogP) is 5.48. The number of nitrogens with zero attached hydrogens (tertiary/aromatic N) is 1. The number of hydrogen-bond donors (Lipinski definition) is 2. The number of rotatable bonds is 7. The normalized spacial score (nSPS) is 15.4. The van der Waals surface area contributed by atoms with Crippen LogP contribution in [-0.4, -0.2) is 32.8 Å². The van der Waals surface area contributed by atoms with Crippen molar-refractivity contribution < 1.29 is 18.0 Å². The van der Waals surface area contributed by atoms with Gasteiger partial charge in [-0.2, -0.15) is 0 Å². The first kappa shape index (κ1) is 27.3. The van der Waals surface area contributed by atoms with Gasteiger partial charge in [0.1, 0.15) is 6.04 Å². The quantitative estimate of drug-likeness (QED) is 0.355. The van der Waals surface area contributed by atoms with Crippen LogP contribution in [0.4, 0.5) is 11.4 Å². The van der Waals surface area contributed by atoms with E-state index in [0.29, 0.717) is 18.5 Å². The summed E-state index contributed by atoms with van der Waals surface area (Å²) >= 11 is 6.78. The van der Waals surface area contributed by atoms with Crippen LogP contribution in [0, 0.1) is 13.8 Å². The summed E-state index contributed by atoms with van der Waals surface area (Å²) in [5, 5.41) is 5.67. The number of sulfonamides is 1. The highest BCUT2D eigenvalue weighted by atomic mass is 79.9. The van der Waals surface area contributed by atoms with Gasteiger partial charge in [-0.15, -0.1) is 0 Å². The average Bonchev–Trinajstić information content (AvgIpc) is 2.97. The van der Waals surface area contributed by atoms with E-state index in [-0.39, 0.29) is 23.8 Å². The topological polar surface area (TPSA) is 95.6 Å². The minimum atomic E-state index is -3.94. The zero-order valence-electron chi connectivity index (χ0n) is 20.4. The number of nitrogens with one attached hydrogen (secondary N) is 2. The Bertz CT molecular complexity index is 1420. The molecule has 0 bridgehead atoms. The van der Waals surface area contributed by atoms with E-state index < -0.39 is 22.0 Å². The molecule has 2 amide bonds. The van der Waals surface area contributed by atoms with Crippen molar-refractivity contribution in [2.24, 2.45) is 0 Å². The van der Waals surface area contributed by atoms with Gasteiger partial charge in [-0.25, -0.2) is 8.42 Å². The minimum absolute atomic E-state index is 0.0748. The maximum Gasteiger partial charge on any atom is 0.264 e. The van der Waals surface area contributed by atoms with Crippen molar-refractivity contribution >= 4 is 65.1 Å². The van der Waals surface area contributed by atoms with Crippen LogP contribution >= 0.6 is 31.9 Å². The molecule has 7 nitrogen and oxygen atoms in total. The third-order valence-electron chi connectivity index (χ3n) is 6.12. The molecule has 2 N–H and O–H groups in total. The molecule has 1 unspecified atom stereocenters. The Morgan fingerprint density at radius 3 is 2.32 bits per heavy atom. The fourth-order valence-electron chi connectivity index (χ4n) is 4.37. The van der Waals surface area contributed by atoms with Gasteiger partial charge in [-0.3, -0.25) is 13.9 Å². The Morgan fingerprint density at radius 2 is 1.65 bits per heavy atom. The van der Waals surface area contributed by atoms with Crippen LogP contribution in [0.2, 0.25) is 0 Å². The fourth-order valence-corrected chi connectivity index (χ4v) is 6.49. The Balaban J connectivity index is 1.52. The zero-order valence-corrected chi connectivity index (χ0v) is 24.4. The molecule has 3 aromatic carbocycles. The Hall–Kier alpha value is -2.69. The largest absolute Gasteiger partial charge is 0.344 e. The monoisotopic (exact) mass is 647 g/mol. The van der Waals surface area contributed by atoms with Gasteiger partial charge < -0.3 is 10.6 Å². The van der Waals surface area contributed by atoms with Crippen LogP contribution in [0.15, 0.2) is 74.5 Å². The van der Waals surface area contributed by atoms with Crippen molar-refractivity contribution in [3.8, 4) is 0 Å². The van der Waals surface area contributed by atoms with Gasteiger partial charge in [0.15, 0.2) is 0 Å². The van der Waals surface area contributed by atoms with Gasteiger partial charge in [0.2, 0.25) is 11.8 Å². The molecule has 194 valence electrons. The van der Waals surface area contributed by atoms with E-state index in [1.807, 2.05) is 38.1 Å². The van der Waals surface area contributed by atoms with E-state index in [9.17, 15) is 18.0 Å². The lowest BCUT2D eigenvalue weighted by molar-refractivity contribution is -0.126. The number of amides is 2. The molecule has 4 rings (SSSR count). The smallest absolute Gasteiger partial charge is 0.264 e. The van der Waals surface area contributed by atoms with Gasteiger partial charge in [-0.1, -0.05) is 37.9 Å². The second-order valence-electron chi connectivity index (χ2n) is 9.08. The molecule has 0 radical (unpaired) electrons. The summed E-state index contributed by atoms with van der Waals surface area (Å²) in [5.74, 6) is -0.685. The molecular formula is C27H27Br2N3O4S. The summed E-state index contributed by atoms with van der Waals surface area (Å²) < 4.78 is 30.2. The number of fused-ring (bicyclic) bond motifs is 1. The molecule has 1 aliphatic heterocycles. The van der Waals surface area contributed by atoms with Crippen LogP contribution in [0.25, 0.3) is 0 Å². The highest BCUT2D eigenvalue weighted by Crippen LogP contribution is 2.28. The predicted molar refractivity (Wildman–Crippen MR) is 152 cm³/mol. The molecule has 0 fully saturated rings. The first-order valence-corrected chi connectivity index (χ1v) is 14.8. The summed E-state index contributed by atoms with van der Waals surface area (Å²) in [4.78, 5) is 25.8. The number of carbonyl (C=O) groups excluding carboxylic acids is 2. The Labute approximate surface area is 234 Å². The van der Waals surface area contributed by atoms with Crippen molar-refractivity contribution in [1.29, 1.82) is 0 Å². The van der Waals surface area contributed by atoms with E-state index >= 15 is 0 Å². The number of aryl methyl sites for hydroxylation is 3. The summed E-state index contributed by atoms with van der Waals surface area (Å²) in [6, 6.07) is 16.8. The molecule has 0 spiro atoms. The van der Waals surface area contributed by atoms with Gasteiger partial charge in [0.25, 0.3) is 10.0 Å². The van der Waals surface area contributed by atoms with Gasteiger partial charge in [0.05, 0.1) is 10.6 Å². The van der Waals surface area contributed by atoms with Crippen molar-refractivity contribution in [3.05, 3.63) is 86.3 Å². The van der Waals surface area contributed by atoms with Crippen LogP contribution in [0.3, 0.4) is 0 Å². The number of benzene rings is 3. The second-order valence-corrected chi connectivity index (χ2v) is 12.8. The van der Waals surface area contributed by atoms with Crippen molar-refractivity contribution in [1.82, 2.24) is 5.32 Å². The van der Waals surface area contributed by atoms with Crippen molar-refractivity contribution in [2.45, 2.75) is 44.0 Å². The summed E-state index contributed by atoms with van der Waals surface area (Å²) in [5.41, 5.74) is 4.03. The summed E-state index contributed by atoms with van der Waals surface area (Å²) in [6.07, 6.45) is 0.954. The Kier molecular flexibility index (Phi) is 8.40. The average molecular weight is 649 g/mol. The third kappa shape index (κ3) is 6.61. The number of hydrogen-bond acceptors (Lipinski definition) is 4. The number of anilines is 2. The lowest BCUT2D eigenvalue weighted by atomic mass is 10.1. The molecule has 0 saturated heterocycles. The summed E-state index contributed by atoms with van der Waals surface area (Å²) in [6.45, 7) is 3.72. The highest BCUT2D eigenvalue weighted by Gasteiger charge is 2.28. The molecular weight excluding hydrogens is 622 g/mol. The maximum absolute atomic E-state index is 13.6. The minimum Gasteiger partial charge on any atom is -0.344 e. The van der Waals surface area contributed by atoms with Gasteiger partial charge >= 0.3 is 0 Å². The van der Waals surface area contributed by atoms with E-state index in [1.165, 1.54) is 16.4 Å². The van der Waals surface area contributed by atoms with Crippen LogP contribution in [0.5, 0.6) is 0 Å². The first-order chi connectivity index (χ1) is 17.5. The van der Waals surface area contributed by atoms with Crippen molar-refractivity contribution in [3.63, 3.8) is 0 Å². The Morgan fingerprint density at radius 1 is 1.00 bits per heavy atom. The first-order valence-electron chi connectivity index (χ1n) is 11.8. The van der Waals surface area contributed by atoms with E-state index in [2.05, 4.69) is 42.5 Å². The number of carbonyl (C=O) groups is 2. The van der Waals surface area contributed by atoms with Crippen LogP contribution < -0.4 is 14.9 Å². The SMILES string of the molecule is Cc1cc(C)cc(N(CCC(=O)NC2CCc3cc(Br)ccc3NC2=O)S(=O)(=O)c2ccc(Br)cc2)c1. The molecule has 3 aromatic rings. The molecule has 0 aromatic heterocycles. The third-order valence-corrected chi connectivity index (χ3v) is 8.98. The fraction of sp³-hybridized carbons (Fsp3) is 0.259. The van der Waals surface area contributed by atoms with Gasteiger partial charge in [0, 0.05) is 27.6 Å². The van der Waals surface area contributed by atoms with E-state index in [0.717, 1.165) is 31.3 Å². The highest BCUT2D eigenvalue weighted by molar-refractivity contribution is 9.10. The maximum atomic E-state index is 13.6. The molecule has 1 heterocycles.